The minimum Gasteiger partial charge on any atom is -0.401 e. The average molecular weight is 257 g/mol. The van der Waals surface area contributed by atoms with Crippen molar-refractivity contribution in [2.24, 2.45) is 17.6 Å². The molecule has 1 heteroatoms. The molecule has 2 aliphatic carbocycles. The van der Waals surface area contributed by atoms with Crippen molar-refractivity contribution in [3.8, 4) is 0 Å². The van der Waals surface area contributed by atoms with Crippen LogP contribution < -0.4 is 5.73 Å². The van der Waals surface area contributed by atoms with Crippen LogP contribution in [0, 0.1) is 11.8 Å². The Morgan fingerprint density at radius 2 is 2.00 bits per heavy atom. The lowest BCUT2D eigenvalue weighted by molar-refractivity contribution is 0.579. The van der Waals surface area contributed by atoms with Gasteiger partial charge >= 0.3 is 0 Å². The molecule has 0 fully saturated rings. The van der Waals surface area contributed by atoms with Gasteiger partial charge in [-0.15, -0.1) is 0 Å². The molecule has 0 aromatic heterocycles. The third-order valence-electron chi connectivity index (χ3n) is 4.37. The van der Waals surface area contributed by atoms with Crippen LogP contribution in [0.2, 0.25) is 0 Å². The first-order chi connectivity index (χ1) is 9.20. The summed E-state index contributed by atoms with van der Waals surface area (Å²) in [5.41, 5.74) is 10.1. The van der Waals surface area contributed by atoms with Gasteiger partial charge in [-0.1, -0.05) is 43.7 Å². The third kappa shape index (κ3) is 3.62. The van der Waals surface area contributed by atoms with E-state index in [-0.39, 0.29) is 0 Å². The first-order valence-corrected chi connectivity index (χ1v) is 7.68. The number of rotatable bonds is 0. The first-order valence-electron chi connectivity index (χ1n) is 7.68. The highest BCUT2D eigenvalue weighted by Gasteiger charge is 2.28. The van der Waals surface area contributed by atoms with Gasteiger partial charge in [0.15, 0.2) is 0 Å². The second-order valence-corrected chi connectivity index (χ2v) is 5.93. The Bertz CT molecular complexity index is 423. The molecule has 2 aliphatic rings. The predicted octanol–water partition coefficient (Wildman–Crippen LogP) is 4.88. The van der Waals surface area contributed by atoms with E-state index >= 15 is 0 Å². The van der Waals surface area contributed by atoms with E-state index in [1.165, 1.54) is 36.8 Å². The maximum atomic E-state index is 6.12. The van der Waals surface area contributed by atoms with Crippen molar-refractivity contribution in [2.45, 2.75) is 52.4 Å². The van der Waals surface area contributed by atoms with Gasteiger partial charge in [0.25, 0.3) is 0 Å². The maximum absolute atomic E-state index is 6.12. The third-order valence-corrected chi connectivity index (χ3v) is 4.37. The summed E-state index contributed by atoms with van der Waals surface area (Å²) in [7, 11) is 0. The van der Waals surface area contributed by atoms with Crippen LogP contribution in [0.15, 0.2) is 47.2 Å². The topological polar surface area (TPSA) is 26.0 Å². The number of hydrogen-bond donors (Lipinski definition) is 1. The van der Waals surface area contributed by atoms with Gasteiger partial charge in [-0.2, -0.15) is 0 Å². The lowest BCUT2D eigenvalue weighted by atomic mass is 9.75. The molecular weight excluding hydrogens is 230 g/mol. The molecular formula is C18H27N. The SMILES string of the molecule is CC1=C(N)C2C/C=C\C/C=C/C(C)CCCC/C=C\12. The van der Waals surface area contributed by atoms with E-state index in [1.54, 1.807) is 0 Å². The largest absolute Gasteiger partial charge is 0.401 e. The Balaban J connectivity index is 2.03. The molecule has 0 saturated carbocycles. The van der Waals surface area contributed by atoms with Crippen molar-refractivity contribution in [2.75, 3.05) is 0 Å². The van der Waals surface area contributed by atoms with Gasteiger partial charge in [0.2, 0.25) is 0 Å². The molecule has 0 radical (unpaired) electrons. The lowest BCUT2D eigenvalue weighted by Crippen LogP contribution is -2.26. The highest BCUT2D eigenvalue weighted by Crippen LogP contribution is 2.40. The minimum absolute atomic E-state index is 0.488. The second kappa shape index (κ2) is 6.79. The summed E-state index contributed by atoms with van der Waals surface area (Å²) >= 11 is 0. The molecule has 2 rings (SSSR count). The van der Waals surface area contributed by atoms with Gasteiger partial charge < -0.3 is 5.73 Å². The summed E-state index contributed by atoms with van der Waals surface area (Å²) in [4.78, 5) is 0. The van der Waals surface area contributed by atoms with Crippen LogP contribution in [0.3, 0.4) is 0 Å². The van der Waals surface area contributed by atoms with Gasteiger partial charge in [-0.05, 0) is 56.1 Å². The normalized spacial score (nSPS) is 35.4. The second-order valence-electron chi connectivity index (χ2n) is 5.93. The quantitative estimate of drug-likeness (QED) is 0.615. The van der Waals surface area contributed by atoms with Gasteiger partial charge in [0.05, 0.1) is 0 Å². The number of allylic oxidation sites excluding steroid dienone is 7. The van der Waals surface area contributed by atoms with Crippen LogP contribution in [-0.2, 0) is 0 Å². The number of hydrogen-bond acceptors (Lipinski definition) is 1. The van der Waals surface area contributed by atoms with Crippen LogP contribution in [0.1, 0.15) is 52.4 Å². The summed E-state index contributed by atoms with van der Waals surface area (Å²) < 4.78 is 0. The molecule has 2 unspecified atom stereocenters. The fourth-order valence-corrected chi connectivity index (χ4v) is 3.01. The Hall–Kier alpha value is -1.24. The van der Waals surface area contributed by atoms with Crippen LogP contribution in [-0.4, -0.2) is 0 Å². The summed E-state index contributed by atoms with van der Waals surface area (Å²) in [6.07, 6.45) is 18.9. The van der Waals surface area contributed by atoms with Gasteiger partial charge in [0.1, 0.15) is 0 Å². The van der Waals surface area contributed by atoms with Gasteiger partial charge in [-0.25, -0.2) is 0 Å². The summed E-state index contributed by atoms with van der Waals surface area (Å²) in [5.74, 6) is 1.21. The summed E-state index contributed by atoms with van der Waals surface area (Å²) in [6, 6.07) is 0. The Kier molecular flexibility index (Phi) is 5.07. The van der Waals surface area contributed by atoms with Crippen LogP contribution in [0.4, 0.5) is 0 Å². The van der Waals surface area contributed by atoms with E-state index in [2.05, 4.69) is 44.2 Å². The summed E-state index contributed by atoms with van der Waals surface area (Å²) in [6.45, 7) is 4.48. The highest BCUT2D eigenvalue weighted by molar-refractivity contribution is 5.49. The van der Waals surface area contributed by atoms with E-state index in [1.807, 2.05) is 0 Å². The molecule has 2 atom stereocenters. The molecule has 0 aromatic rings. The zero-order valence-corrected chi connectivity index (χ0v) is 12.4. The Morgan fingerprint density at radius 3 is 2.84 bits per heavy atom. The van der Waals surface area contributed by atoms with E-state index in [4.69, 9.17) is 5.73 Å². The van der Waals surface area contributed by atoms with E-state index in [0.717, 1.165) is 24.5 Å². The molecule has 0 amide bonds. The van der Waals surface area contributed by atoms with Crippen molar-refractivity contribution in [1.29, 1.82) is 0 Å². The van der Waals surface area contributed by atoms with Gasteiger partial charge in [-0.3, -0.25) is 0 Å². The predicted molar refractivity (Wildman–Crippen MR) is 83.6 cm³/mol. The molecule has 0 saturated heterocycles. The molecule has 0 aliphatic heterocycles. The zero-order chi connectivity index (χ0) is 13.7. The van der Waals surface area contributed by atoms with Gasteiger partial charge in [0, 0.05) is 11.6 Å². The number of nitrogens with two attached hydrogens (primary N) is 1. The van der Waals surface area contributed by atoms with Crippen molar-refractivity contribution >= 4 is 0 Å². The van der Waals surface area contributed by atoms with Crippen molar-refractivity contribution in [1.82, 2.24) is 0 Å². The number of fused-ring (bicyclic) bond motifs is 1. The fraction of sp³-hybridized carbons (Fsp3) is 0.556. The van der Waals surface area contributed by atoms with E-state index in [0.29, 0.717) is 5.92 Å². The van der Waals surface area contributed by atoms with Crippen LogP contribution >= 0.6 is 0 Å². The molecule has 19 heavy (non-hydrogen) atoms. The average Bonchev–Trinajstić information content (AvgIpc) is 2.42. The molecule has 1 nitrogen and oxygen atoms in total. The van der Waals surface area contributed by atoms with E-state index < -0.39 is 0 Å². The van der Waals surface area contributed by atoms with Crippen molar-refractivity contribution in [3.63, 3.8) is 0 Å². The zero-order valence-electron chi connectivity index (χ0n) is 12.4. The molecule has 0 heterocycles. The molecule has 0 aromatic carbocycles. The minimum atomic E-state index is 0.488. The monoisotopic (exact) mass is 257 g/mol. The van der Waals surface area contributed by atoms with E-state index in [9.17, 15) is 0 Å². The maximum Gasteiger partial charge on any atom is 0.0272 e. The first kappa shape index (κ1) is 14.2. The van der Waals surface area contributed by atoms with Crippen LogP contribution in [0.25, 0.3) is 0 Å². The molecule has 2 N–H and O–H groups in total. The fourth-order valence-electron chi connectivity index (χ4n) is 3.01. The standard InChI is InChI=1S/C18H27N/c1-14-10-6-3-4-8-13-17-16(15(2)18(17)19)12-9-5-7-11-14/h4,6,8,10,12,14,17H,3,5,7,9,11,13,19H2,1-2H3/b8-4-,10-6+,16-12+. The Labute approximate surface area is 118 Å². The van der Waals surface area contributed by atoms with Crippen molar-refractivity contribution in [3.05, 3.63) is 47.2 Å². The summed E-state index contributed by atoms with van der Waals surface area (Å²) in [5, 5.41) is 0. The molecule has 0 spiro atoms. The highest BCUT2D eigenvalue weighted by atomic mass is 14.7. The molecule has 0 bridgehead atoms. The molecule has 104 valence electrons. The Morgan fingerprint density at radius 1 is 1.16 bits per heavy atom. The van der Waals surface area contributed by atoms with Crippen molar-refractivity contribution < 1.29 is 0 Å². The lowest BCUT2D eigenvalue weighted by Gasteiger charge is -2.32. The smallest absolute Gasteiger partial charge is 0.0272 e. The van der Waals surface area contributed by atoms with Crippen LogP contribution in [0.5, 0.6) is 0 Å².